The minimum absolute atomic E-state index is 0.0717. The van der Waals surface area contributed by atoms with Crippen LogP contribution in [0.25, 0.3) is 0 Å². The zero-order chi connectivity index (χ0) is 13.6. The molecule has 106 valence electrons. The number of hydrogen-bond acceptors (Lipinski definition) is 4. The van der Waals surface area contributed by atoms with Crippen molar-refractivity contribution in [3.63, 3.8) is 0 Å². The van der Waals surface area contributed by atoms with E-state index in [4.69, 9.17) is 15.2 Å². The molecule has 0 aromatic heterocycles. The van der Waals surface area contributed by atoms with Gasteiger partial charge in [0.1, 0.15) is 5.60 Å². The van der Waals surface area contributed by atoms with E-state index >= 15 is 0 Å². The first-order chi connectivity index (χ1) is 8.43. The predicted octanol–water partition coefficient (Wildman–Crippen LogP) is 1.82. The van der Waals surface area contributed by atoms with E-state index in [-0.39, 0.29) is 18.6 Å². The fourth-order valence-corrected chi connectivity index (χ4v) is 2.60. The molecule has 1 heterocycles. The van der Waals surface area contributed by atoms with E-state index in [1.165, 1.54) is 6.42 Å². The number of amides is 1. The number of rotatable bonds is 6. The molecule has 18 heavy (non-hydrogen) atoms. The van der Waals surface area contributed by atoms with Gasteiger partial charge in [0.15, 0.2) is 0 Å². The molecule has 1 aliphatic rings. The summed E-state index contributed by atoms with van der Waals surface area (Å²) in [6.45, 7) is 4.50. The number of primary amides is 1. The highest BCUT2D eigenvalue weighted by atomic mass is 16.6. The standard InChI is InChI=1S/C13H25NO4/c1-13(2,18-12(14)16)8-10(9-15)7-11-5-3-4-6-17-11/h10-11,15H,3-9H2,1-2H3,(H2,14,16)/t10-,11?/m0/s1. The van der Waals surface area contributed by atoms with Crippen LogP contribution in [0.3, 0.4) is 0 Å². The molecule has 3 N–H and O–H groups in total. The number of aliphatic hydroxyl groups is 1. The molecule has 0 saturated carbocycles. The van der Waals surface area contributed by atoms with E-state index in [1.54, 1.807) is 0 Å². The summed E-state index contributed by atoms with van der Waals surface area (Å²) < 4.78 is 10.7. The molecule has 0 aromatic carbocycles. The summed E-state index contributed by atoms with van der Waals surface area (Å²) in [6, 6.07) is 0. The second kappa shape index (κ2) is 6.95. The molecule has 1 unspecified atom stereocenters. The first kappa shape index (κ1) is 15.2. The van der Waals surface area contributed by atoms with Crippen LogP contribution >= 0.6 is 0 Å². The van der Waals surface area contributed by atoms with Crippen LogP contribution in [-0.4, -0.2) is 36.1 Å². The highest BCUT2D eigenvalue weighted by molar-refractivity contribution is 5.65. The Morgan fingerprint density at radius 1 is 1.56 bits per heavy atom. The summed E-state index contributed by atoms with van der Waals surface area (Å²) in [4.78, 5) is 10.8. The lowest BCUT2D eigenvalue weighted by Crippen LogP contribution is -2.35. The Balaban J connectivity index is 2.42. The maximum absolute atomic E-state index is 10.8. The van der Waals surface area contributed by atoms with Gasteiger partial charge in [-0.15, -0.1) is 0 Å². The van der Waals surface area contributed by atoms with Crippen molar-refractivity contribution in [3.05, 3.63) is 0 Å². The van der Waals surface area contributed by atoms with Gasteiger partial charge in [-0.05, 0) is 51.9 Å². The number of carbonyl (C=O) groups excluding carboxylic acids is 1. The Morgan fingerprint density at radius 2 is 2.28 bits per heavy atom. The molecule has 1 rings (SSSR count). The molecule has 0 spiro atoms. The van der Waals surface area contributed by atoms with Crippen molar-refractivity contribution in [2.24, 2.45) is 11.7 Å². The van der Waals surface area contributed by atoms with Gasteiger partial charge in [-0.3, -0.25) is 0 Å². The smallest absolute Gasteiger partial charge is 0.405 e. The van der Waals surface area contributed by atoms with Crippen molar-refractivity contribution >= 4 is 6.09 Å². The Kier molecular flexibility index (Phi) is 5.88. The fraction of sp³-hybridized carbons (Fsp3) is 0.923. The maximum atomic E-state index is 10.8. The number of nitrogens with two attached hydrogens (primary N) is 1. The average molecular weight is 259 g/mol. The van der Waals surface area contributed by atoms with E-state index in [1.807, 2.05) is 13.8 Å². The summed E-state index contributed by atoms with van der Waals surface area (Å²) in [5, 5.41) is 9.43. The number of ether oxygens (including phenoxy) is 2. The highest BCUT2D eigenvalue weighted by Crippen LogP contribution is 2.27. The van der Waals surface area contributed by atoms with Crippen molar-refractivity contribution in [2.75, 3.05) is 13.2 Å². The number of aliphatic hydroxyl groups excluding tert-OH is 1. The summed E-state index contributed by atoms with van der Waals surface area (Å²) in [5.74, 6) is 0.0717. The molecule has 1 amide bonds. The summed E-state index contributed by atoms with van der Waals surface area (Å²) in [7, 11) is 0. The molecule has 1 aliphatic heterocycles. The zero-order valence-electron chi connectivity index (χ0n) is 11.4. The lowest BCUT2D eigenvalue weighted by Gasteiger charge is -2.31. The third kappa shape index (κ3) is 5.69. The third-order valence-electron chi connectivity index (χ3n) is 3.29. The first-order valence-corrected chi connectivity index (χ1v) is 6.64. The quantitative estimate of drug-likeness (QED) is 0.762. The number of hydrogen-bond donors (Lipinski definition) is 2. The van der Waals surface area contributed by atoms with Gasteiger partial charge in [0.25, 0.3) is 0 Å². The van der Waals surface area contributed by atoms with E-state index in [9.17, 15) is 9.90 Å². The van der Waals surface area contributed by atoms with Gasteiger partial charge in [-0.2, -0.15) is 0 Å². The molecular formula is C13H25NO4. The first-order valence-electron chi connectivity index (χ1n) is 6.64. The second-order valence-electron chi connectivity index (χ2n) is 5.66. The predicted molar refractivity (Wildman–Crippen MR) is 68.1 cm³/mol. The second-order valence-corrected chi connectivity index (χ2v) is 5.66. The average Bonchev–Trinajstić information content (AvgIpc) is 2.27. The minimum Gasteiger partial charge on any atom is -0.444 e. The van der Waals surface area contributed by atoms with E-state index in [0.29, 0.717) is 6.42 Å². The van der Waals surface area contributed by atoms with Gasteiger partial charge in [-0.1, -0.05) is 0 Å². The van der Waals surface area contributed by atoms with Crippen molar-refractivity contribution in [1.82, 2.24) is 0 Å². The molecule has 0 aliphatic carbocycles. The van der Waals surface area contributed by atoms with Gasteiger partial charge < -0.3 is 20.3 Å². The van der Waals surface area contributed by atoms with E-state index in [2.05, 4.69) is 0 Å². The highest BCUT2D eigenvalue weighted by Gasteiger charge is 2.28. The van der Waals surface area contributed by atoms with Gasteiger partial charge in [0.2, 0.25) is 0 Å². The third-order valence-corrected chi connectivity index (χ3v) is 3.29. The van der Waals surface area contributed by atoms with Crippen molar-refractivity contribution in [1.29, 1.82) is 0 Å². The lowest BCUT2D eigenvalue weighted by atomic mass is 9.88. The summed E-state index contributed by atoms with van der Waals surface area (Å²) in [6.07, 6.45) is 4.20. The van der Waals surface area contributed by atoms with Crippen molar-refractivity contribution in [3.8, 4) is 0 Å². The molecule has 0 radical (unpaired) electrons. The van der Waals surface area contributed by atoms with Crippen LogP contribution < -0.4 is 5.73 Å². The van der Waals surface area contributed by atoms with Crippen LogP contribution in [-0.2, 0) is 9.47 Å². The zero-order valence-corrected chi connectivity index (χ0v) is 11.4. The molecule has 0 aromatic rings. The Labute approximate surface area is 109 Å². The van der Waals surface area contributed by atoms with E-state index in [0.717, 1.165) is 25.9 Å². The van der Waals surface area contributed by atoms with Gasteiger partial charge >= 0.3 is 6.09 Å². The Hall–Kier alpha value is -0.810. The van der Waals surface area contributed by atoms with Crippen LogP contribution in [0.5, 0.6) is 0 Å². The molecular weight excluding hydrogens is 234 g/mol. The molecule has 1 saturated heterocycles. The Bertz CT molecular complexity index is 262. The maximum Gasteiger partial charge on any atom is 0.405 e. The molecule has 2 atom stereocenters. The topological polar surface area (TPSA) is 81.8 Å². The van der Waals surface area contributed by atoms with Crippen LogP contribution in [0.15, 0.2) is 0 Å². The molecule has 0 bridgehead atoms. The van der Waals surface area contributed by atoms with Crippen molar-refractivity contribution in [2.45, 2.75) is 57.7 Å². The Morgan fingerprint density at radius 3 is 2.78 bits per heavy atom. The van der Waals surface area contributed by atoms with Crippen LogP contribution in [0.4, 0.5) is 4.79 Å². The van der Waals surface area contributed by atoms with E-state index < -0.39 is 11.7 Å². The molecule has 5 heteroatoms. The van der Waals surface area contributed by atoms with Gasteiger partial charge in [-0.25, -0.2) is 4.79 Å². The van der Waals surface area contributed by atoms with Gasteiger partial charge in [0.05, 0.1) is 6.10 Å². The van der Waals surface area contributed by atoms with Crippen LogP contribution in [0.1, 0.15) is 46.0 Å². The normalized spacial score (nSPS) is 22.5. The SMILES string of the molecule is CC(C)(C[C@@H](CO)CC1CCCCO1)OC(N)=O. The largest absolute Gasteiger partial charge is 0.444 e. The molecule has 1 fully saturated rings. The van der Waals surface area contributed by atoms with Crippen LogP contribution in [0.2, 0.25) is 0 Å². The monoisotopic (exact) mass is 259 g/mol. The summed E-state index contributed by atoms with van der Waals surface area (Å²) >= 11 is 0. The summed E-state index contributed by atoms with van der Waals surface area (Å²) in [5.41, 5.74) is 4.39. The number of carbonyl (C=O) groups is 1. The lowest BCUT2D eigenvalue weighted by molar-refractivity contribution is -0.0235. The fourth-order valence-electron chi connectivity index (χ4n) is 2.60. The molecule has 5 nitrogen and oxygen atoms in total. The minimum atomic E-state index is -0.773. The van der Waals surface area contributed by atoms with Crippen molar-refractivity contribution < 1.29 is 19.4 Å². The van der Waals surface area contributed by atoms with Crippen LogP contribution in [0, 0.1) is 5.92 Å². The van der Waals surface area contributed by atoms with Gasteiger partial charge in [0, 0.05) is 13.2 Å².